The normalized spacial score (nSPS) is 13.3. The fourth-order valence-electron chi connectivity index (χ4n) is 5.92. The molecule has 2 atom stereocenters. The lowest BCUT2D eigenvalue weighted by Crippen LogP contribution is -2.45. The summed E-state index contributed by atoms with van der Waals surface area (Å²) in [4.78, 5) is 12.3. The first-order valence-electron chi connectivity index (χ1n) is 19.5. The fraction of sp³-hybridized carbons (Fsp3) is 0.875. The average Bonchev–Trinajstić information content (AvgIpc) is 3.03. The van der Waals surface area contributed by atoms with Gasteiger partial charge in [-0.15, -0.1) is 0 Å². The van der Waals surface area contributed by atoms with Gasteiger partial charge in [0.05, 0.1) is 18.8 Å². The van der Waals surface area contributed by atoms with Crippen LogP contribution in [0.2, 0.25) is 0 Å². The summed E-state index contributed by atoms with van der Waals surface area (Å²) in [7, 11) is 0. The van der Waals surface area contributed by atoms with Crippen LogP contribution in [-0.4, -0.2) is 34.9 Å². The van der Waals surface area contributed by atoms with Gasteiger partial charge in [-0.05, 0) is 32.1 Å². The highest BCUT2D eigenvalue weighted by molar-refractivity contribution is 5.77. The lowest BCUT2D eigenvalue weighted by atomic mass is 10.0. The summed E-state index contributed by atoms with van der Waals surface area (Å²) >= 11 is 0. The fourth-order valence-corrected chi connectivity index (χ4v) is 5.92. The molecule has 0 rings (SSSR count). The zero-order chi connectivity index (χ0) is 32.2. The molecule has 0 aliphatic heterocycles. The van der Waals surface area contributed by atoms with Gasteiger partial charge in [0.2, 0.25) is 5.91 Å². The van der Waals surface area contributed by atoms with E-state index in [9.17, 15) is 15.0 Å². The Balaban J connectivity index is 3.61. The number of hydrogen-bond donors (Lipinski definition) is 3. The summed E-state index contributed by atoms with van der Waals surface area (Å²) in [5.41, 5.74) is 0. The van der Waals surface area contributed by atoms with Crippen molar-refractivity contribution in [2.75, 3.05) is 6.61 Å². The SMILES string of the molecule is CCCCCCCCCCCCC=CC[C@@H](O)[C@H](CO)NC(=O)CC=CCCCCCCCCCCCCCCCCCC. The molecule has 0 aliphatic rings. The highest BCUT2D eigenvalue weighted by Crippen LogP contribution is 2.15. The summed E-state index contributed by atoms with van der Waals surface area (Å²) in [6.07, 6.45) is 45.6. The molecule has 1 amide bonds. The molecular weight excluding hydrogens is 542 g/mol. The van der Waals surface area contributed by atoms with Crippen LogP contribution < -0.4 is 5.32 Å². The number of allylic oxidation sites excluding steroid dienone is 2. The minimum atomic E-state index is -0.762. The monoisotopic (exact) mass is 620 g/mol. The smallest absolute Gasteiger partial charge is 0.224 e. The maximum atomic E-state index is 12.3. The Kier molecular flexibility index (Phi) is 35.4. The molecule has 44 heavy (non-hydrogen) atoms. The Morgan fingerprint density at radius 2 is 0.864 bits per heavy atom. The van der Waals surface area contributed by atoms with Crippen LogP contribution in [0.25, 0.3) is 0 Å². The second-order valence-corrected chi connectivity index (χ2v) is 13.4. The Morgan fingerprint density at radius 1 is 0.523 bits per heavy atom. The first-order valence-corrected chi connectivity index (χ1v) is 19.5. The van der Waals surface area contributed by atoms with E-state index in [0.29, 0.717) is 12.8 Å². The molecule has 0 heterocycles. The molecule has 0 aromatic heterocycles. The van der Waals surface area contributed by atoms with Crippen molar-refractivity contribution >= 4 is 5.91 Å². The molecule has 0 aromatic rings. The van der Waals surface area contributed by atoms with Gasteiger partial charge in [-0.2, -0.15) is 0 Å². The summed E-state index contributed by atoms with van der Waals surface area (Å²) in [5, 5.41) is 22.9. The second kappa shape index (κ2) is 36.3. The summed E-state index contributed by atoms with van der Waals surface area (Å²) < 4.78 is 0. The number of aliphatic hydroxyl groups is 2. The van der Waals surface area contributed by atoms with Gasteiger partial charge < -0.3 is 15.5 Å². The number of carbonyl (C=O) groups excluding carboxylic acids is 1. The van der Waals surface area contributed by atoms with Gasteiger partial charge >= 0.3 is 0 Å². The molecule has 260 valence electrons. The molecule has 0 saturated carbocycles. The van der Waals surface area contributed by atoms with Crippen LogP contribution in [0.5, 0.6) is 0 Å². The molecule has 0 aliphatic carbocycles. The van der Waals surface area contributed by atoms with E-state index in [1.165, 1.54) is 167 Å². The van der Waals surface area contributed by atoms with E-state index >= 15 is 0 Å². The van der Waals surface area contributed by atoms with Crippen molar-refractivity contribution < 1.29 is 15.0 Å². The van der Waals surface area contributed by atoms with Crippen LogP contribution >= 0.6 is 0 Å². The largest absolute Gasteiger partial charge is 0.394 e. The maximum absolute atomic E-state index is 12.3. The zero-order valence-electron chi connectivity index (χ0n) is 29.7. The molecule has 0 aromatic carbocycles. The summed E-state index contributed by atoms with van der Waals surface area (Å²) in [6.45, 7) is 4.30. The number of rotatable bonds is 35. The van der Waals surface area contributed by atoms with Gasteiger partial charge in [0.15, 0.2) is 0 Å². The number of amides is 1. The van der Waals surface area contributed by atoms with Crippen LogP contribution in [0, 0.1) is 0 Å². The maximum Gasteiger partial charge on any atom is 0.224 e. The Bertz CT molecular complexity index is 632. The van der Waals surface area contributed by atoms with Crippen LogP contribution in [0.1, 0.15) is 206 Å². The predicted octanol–water partition coefficient (Wildman–Crippen LogP) is 11.7. The number of nitrogens with one attached hydrogen (secondary N) is 1. The first kappa shape index (κ1) is 42.9. The average molecular weight is 620 g/mol. The molecule has 0 saturated heterocycles. The standard InChI is InChI=1S/C40H77NO3/c1-3-5-7-9-11-13-15-17-18-19-20-21-22-24-26-28-30-32-34-36-40(44)41-38(37-42)39(43)35-33-31-29-27-25-23-16-14-12-10-8-6-4-2/h31-34,38-39,42-43H,3-30,35-37H2,1-2H3,(H,41,44)/t38-,39+/m0/s1. The number of aliphatic hydroxyl groups excluding tert-OH is 2. The molecule has 4 nitrogen and oxygen atoms in total. The quantitative estimate of drug-likeness (QED) is 0.0488. The number of hydrogen-bond acceptors (Lipinski definition) is 3. The molecule has 0 bridgehead atoms. The first-order chi connectivity index (χ1) is 21.7. The molecule has 0 unspecified atom stereocenters. The van der Waals surface area contributed by atoms with E-state index in [1.807, 2.05) is 12.2 Å². The third kappa shape index (κ3) is 32.3. The third-order valence-electron chi connectivity index (χ3n) is 8.97. The molecule has 0 fully saturated rings. The minimum absolute atomic E-state index is 0.138. The lowest BCUT2D eigenvalue weighted by molar-refractivity contribution is -0.122. The van der Waals surface area contributed by atoms with Gasteiger partial charge in [-0.3, -0.25) is 4.79 Å². The molecule has 3 N–H and O–H groups in total. The Hall–Kier alpha value is -1.13. The highest BCUT2D eigenvalue weighted by Gasteiger charge is 2.18. The van der Waals surface area contributed by atoms with Crippen LogP contribution in [0.3, 0.4) is 0 Å². The van der Waals surface area contributed by atoms with Gasteiger partial charge in [-0.25, -0.2) is 0 Å². The van der Waals surface area contributed by atoms with Crippen LogP contribution in [0.4, 0.5) is 0 Å². The van der Waals surface area contributed by atoms with Gasteiger partial charge in [0.25, 0.3) is 0 Å². The van der Waals surface area contributed by atoms with Crippen molar-refractivity contribution in [1.29, 1.82) is 0 Å². The van der Waals surface area contributed by atoms with E-state index in [4.69, 9.17) is 0 Å². The van der Waals surface area contributed by atoms with Crippen molar-refractivity contribution in [1.82, 2.24) is 5.32 Å². The minimum Gasteiger partial charge on any atom is -0.394 e. The second-order valence-electron chi connectivity index (χ2n) is 13.4. The lowest BCUT2D eigenvalue weighted by Gasteiger charge is -2.21. The van der Waals surface area contributed by atoms with E-state index in [2.05, 4.69) is 31.3 Å². The molecular formula is C40H77NO3. The zero-order valence-corrected chi connectivity index (χ0v) is 29.7. The number of unbranched alkanes of at least 4 members (excludes halogenated alkanes) is 26. The third-order valence-corrected chi connectivity index (χ3v) is 8.97. The molecule has 0 radical (unpaired) electrons. The predicted molar refractivity (Wildman–Crippen MR) is 193 cm³/mol. The van der Waals surface area contributed by atoms with Gasteiger partial charge in [0, 0.05) is 6.42 Å². The van der Waals surface area contributed by atoms with Gasteiger partial charge in [-0.1, -0.05) is 192 Å². The summed E-state index contributed by atoms with van der Waals surface area (Å²) in [6, 6.07) is -0.613. The van der Waals surface area contributed by atoms with Crippen molar-refractivity contribution in [3.8, 4) is 0 Å². The van der Waals surface area contributed by atoms with Crippen LogP contribution in [-0.2, 0) is 4.79 Å². The van der Waals surface area contributed by atoms with E-state index < -0.39 is 12.1 Å². The summed E-state index contributed by atoms with van der Waals surface area (Å²) in [5.74, 6) is -0.138. The van der Waals surface area contributed by atoms with E-state index in [0.717, 1.165) is 12.8 Å². The Labute approximate surface area is 275 Å². The highest BCUT2D eigenvalue weighted by atomic mass is 16.3. The number of carbonyl (C=O) groups is 1. The van der Waals surface area contributed by atoms with Crippen molar-refractivity contribution in [2.45, 2.75) is 219 Å². The van der Waals surface area contributed by atoms with Crippen molar-refractivity contribution in [3.63, 3.8) is 0 Å². The topological polar surface area (TPSA) is 69.6 Å². The van der Waals surface area contributed by atoms with Crippen LogP contribution in [0.15, 0.2) is 24.3 Å². The molecule has 4 heteroatoms. The van der Waals surface area contributed by atoms with Crippen molar-refractivity contribution in [3.05, 3.63) is 24.3 Å². The van der Waals surface area contributed by atoms with E-state index in [1.54, 1.807) is 0 Å². The van der Waals surface area contributed by atoms with E-state index in [-0.39, 0.29) is 12.5 Å². The molecule has 0 spiro atoms. The Morgan fingerprint density at radius 3 is 1.23 bits per heavy atom. The van der Waals surface area contributed by atoms with Gasteiger partial charge in [0.1, 0.15) is 0 Å². The van der Waals surface area contributed by atoms with Crippen molar-refractivity contribution in [2.24, 2.45) is 0 Å².